The lowest BCUT2D eigenvalue weighted by atomic mass is 10.2. The van der Waals surface area contributed by atoms with Crippen LogP contribution in [0.1, 0.15) is 50.0 Å². The van der Waals surface area contributed by atoms with Gasteiger partial charge in [-0.15, -0.1) is 0 Å². The summed E-state index contributed by atoms with van der Waals surface area (Å²) in [5.41, 5.74) is 0.740. The normalized spacial score (nSPS) is 11.8. The maximum Gasteiger partial charge on any atom is 0.274 e. The number of carbonyl (C=O) groups is 1. The molecule has 0 N–H and O–H groups in total. The van der Waals surface area contributed by atoms with Crippen LogP contribution in [0.4, 0.5) is 0 Å². The summed E-state index contributed by atoms with van der Waals surface area (Å²) < 4.78 is 25.4. The lowest BCUT2D eigenvalue weighted by Gasteiger charge is -2.21. The van der Waals surface area contributed by atoms with Gasteiger partial charge in [0.05, 0.1) is 5.52 Å². The van der Waals surface area contributed by atoms with Crippen LogP contribution in [0.15, 0.2) is 29.6 Å². The van der Waals surface area contributed by atoms with Gasteiger partial charge in [-0.25, -0.2) is 13.4 Å². The van der Waals surface area contributed by atoms with Crippen LogP contribution in [0.3, 0.4) is 0 Å². The molecule has 0 spiro atoms. The number of hydrogen-bond acceptors (Lipinski definition) is 4. The first-order valence-electron chi connectivity index (χ1n) is 8.36. The van der Waals surface area contributed by atoms with Gasteiger partial charge in [0.2, 0.25) is 15.0 Å². The van der Waals surface area contributed by atoms with Crippen LogP contribution in [-0.2, 0) is 9.84 Å². The minimum atomic E-state index is -3.52. The largest absolute Gasteiger partial charge is 0.337 e. The smallest absolute Gasteiger partial charge is 0.274 e. The molecule has 24 heavy (non-hydrogen) atoms. The van der Waals surface area contributed by atoms with Gasteiger partial charge >= 0.3 is 0 Å². The van der Waals surface area contributed by atoms with Gasteiger partial charge < -0.3 is 4.90 Å². The third-order valence-electron chi connectivity index (χ3n) is 3.90. The fraction of sp³-hybridized carbons (Fsp3) is 0.529. The minimum Gasteiger partial charge on any atom is -0.337 e. The molecule has 7 heteroatoms. The molecule has 2 aromatic rings. The standard InChI is InChI=1S/C17H25N3O3S/c1-4-6-11-19(12-7-5-2)16(21)15-14-10-8-9-13-20(14)17(18-15)24(3,22)23/h8-10,13H,4-7,11-12H2,1-3H3. The van der Waals surface area contributed by atoms with E-state index in [1.807, 2.05) is 0 Å². The van der Waals surface area contributed by atoms with Gasteiger partial charge in [0, 0.05) is 25.5 Å². The Hall–Kier alpha value is -1.89. The zero-order valence-corrected chi connectivity index (χ0v) is 15.3. The van der Waals surface area contributed by atoms with Crippen LogP contribution in [0.5, 0.6) is 0 Å². The predicted molar refractivity (Wildman–Crippen MR) is 94.0 cm³/mol. The van der Waals surface area contributed by atoms with E-state index < -0.39 is 9.84 Å². The number of sulfone groups is 1. The third kappa shape index (κ3) is 3.95. The molecule has 0 atom stereocenters. The van der Waals surface area contributed by atoms with Crippen molar-refractivity contribution >= 4 is 21.3 Å². The molecule has 2 aromatic heterocycles. The molecular weight excluding hydrogens is 326 g/mol. The van der Waals surface area contributed by atoms with E-state index >= 15 is 0 Å². The highest BCUT2D eigenvalue weighted by Crippen LogP contribution is 2.19. The molecule has 2 heterocycles. The molecule has 132 valence electrons. The SMILES string of the molecule is CCCCN(CCCC)C(=O)c1nc(S(C)(=O)=O)n2ccccc12. The van der Waals surface area contributed by atoms with Gasteiger partial charge in [0.15, 0.2) is 5.69 Å². The Morgan fingerprint density at radius 1 is 1.17 bits per heavy atom. The summed E-state index contributed by atoms with van der Waals surface area (Å²) >= 11 is 0. The first-order chi connectivity index (χ1) is 11.4. The molecule has 0 radical (unpaired) electrons. The predicted octanol–water partition coefficient (Wildman–Crippen LogP) is 2.78. The third-order valence-corrected chi connectivity index (χ3v) is 4.85. The Balaban J connectivity index is 2.47. The van der Waals surface area contributed by atoms with Gasteiger partial charge in [0.25, 0.3) is 5.91 Å². The van der Waals surface area contributed by atoms with Gasteiger partial charge in [-0.3, -0.25) is 9.20 Å². The molecule has 1 amide bonds. The lowest BCUT2D eigenvalue weighted by molar-refractivity contribution is 0.0747. The van der Waals surface area contributed by atoms with E-state index in [9.17, 15) is 13.2 Å². The number of imidazole rings is 1. The Morgan fingerprint density at radius 2 is 1.79 bits per heavy atom. The summed E-state index contributed by atoms with van der Waals surface area (Å²) in [6, 6.07) is 5.23. The Morgan fingerprint density at radius 3 is 2.33 bits per heavy atom. The number of amides is 1. The molecule has 0 fully saturated rings. The highest BCUT2D eigenvalue weighted by Gasteiger charge is 2.25. The number of pyridine rings is 1. The van der Waals surface area contributed by atoms with E-state index in [2.05, 4.69) is 18.8 Å². The Kier molecular flexibility index (Phi) is 5.99. The van der Waals surface area contributed by atoms with E-state index in [-0.39, 0.29) is 16.8 Å². The van der Waals surface area contributed by atoms with Crippen molar-refractivity contribution in [2.45, 2.75) is 44.7 Å². The summed E-state index contributed by atoms with van der Waals surface area (Å²) in [7, 11) is -3.52. The summed E-state index contributed by atoms with van der Waals surface area (Å²) in [4.78, 5) is 18.9. The summed E-state index contributed by atoms with van der Waals surface area (Å²) in [5, 5.41) is -0.0904. The molecule has 0 saturated carbocycles. The van der Waals surface area contributed by atoms with E-state index in [1.54, 1.807) is 29.3 Å². The van der Waals surface area contributed by atoms with E-state index in [1.165, 1.54) is 4.40 Å². The number of hydrogen-bond donors (Lipinski definition) is 0. The number of carbonyl (C=O) groups excluding carboxylic acids is 1. The van der Waals surface area contributed by atoms with Crippen molar-refractivity contribution in [2.24, 2.45) is 0 Å². The van der Waals surface area contributed by atoms with E-state index in [0.717, 1.165) is 31.9 Å². The fourth-order valence-electron chi connectivity index (χ4n) is 2.59. The molecular formula is C17H25N3O3S. The quantitative estimate of drug-likeness (QED) is 0.733. The summed E-state index contributed by atoms with van der Waals surface area (Å²) in [5.74, 6) is -0.199. The molecule has 2 rings (SSSR count). The highest BCUT2D eigenvalue weighted by molar-refractivity contribution is 7.90. The van der Waals surface area contributed by atoms with Gasteiger partial charge in [-0.1, -0.05) is 32.8 Å². The van der Waals surface area contributed by atoms with Crippen molar-refractivity contribution < 1.29 is 13.2 Å². The van der Waals surface area contributed by atoms with Crippen LogP contribution >= 0.6 is 0 Å². The number of fused-ring (bicyclic) bond motifs is 1. The van der Waals surface area contributed by atoms with Crippen LogP contribution in [0.2, 0.25) is 0 Å². The van der Waals surface area contributed by atoms with Crippen molar-refractivity contribution in [1.29, 1.82) is 0 Å². The fourth-order valence-corrected chi connectivity index (χ4v) is 3.36. The topological polar surface area (TPSA) is 71.8 Å². The molecule has 0 aliphatic heterocycles. The second kappa shape index (κ2) is 7.79. The van der Waals surface area contributed by atoms with E-state index in [4.69, 9.17) is 0 Å². The minimum absolute atomic E-state index is 0.0904. The van der Waals surface area contributed by atoms with Crippen molar-refractivity contribution in [3.8, 4) is 0 Å². The second-order valence-corrected chi connectivity index (χ2v) is 7.88. The average Bonchev–Trinajstić information content (AvgIpc) is 2.94. The van der Waals surface area contributed by atoms with Gasteiger partial charge in [-0.05, 0) is 25.0 Å². The van der Waals surface area contributed by atoms with Crippen molar-refractivity contribution in [3.63, 3.8) is 0 Å². The number of unbranched alkanes of at least 4 members (excludes halogenated alkanes) is 2. The highest BCUT2D eigenvalue weighted by atomic mass is 32.2. The molecule has 0 bridgehead atoms. The van der Waals surface area contributed by atoms with Crippen molar-refractivity contribution in [2.75, 3.05) is 19.3 Å². The van der Waals surface area contributed by atoms with Crippen LogP contribution in [-0.4, -0.2) is 48.0 Å². The van der Waals surface area contributed by atoms with Crippen LogP contribution in [0, 0.1) is 0 Å². The van der Waals surface area contributed by atoms with Gasteiger partial charge in [-0.2, -0.15) is 0 Å². The zero-order chi connectivity index (χ0) is 17.7. The maximum absolute atomic E-state index is 13.0. The zero-order valence-electron chi connectivity index (χ0n) is 14.5. The first kappa shape index (κ1) is 18.4. The number of aromatic nitrogens is 2. The molecule has 0 aliphatic carbocycles. The molecule has 0 aliphatic rings. The Bertz CT molecular complexity index is 804. The van der Waals surface area contributed by atoms with E-state index in [0.29, 0.717) is 18.6 Å². The Labute approximate surface area is 143 Å². The second-order valence-electron chi connectivity index (χ2n) is 5.97. The monoisotopic (exact) mass is 351 g/mol. The lowest BCUT2D eigenvalue weighted by Crippen LogP contribution is -2.33. The molecule has 0 unspecified atom stereocenters. The van der Waals surface area contributed by atoms with Crippen LogP contribution in [0.25, 0.3) is 5.52 Å². The molecule has 6 nitrogen and oxygen atoms in total. The summed E-state index contributed by atoms with van der Waals surface area (Å²) in [6.07, 6.45) is 6.55. The maximum atomic E-state index is 13.0. The molecule has 0 saturated heterocycles. The molecule has 0 aromatic carbocycles. The van der Waals surface area contributed by atoms with Crippen LogP contribution < -0.4 is 0 Å². The van der Waals surface area contributed by atoms with Crippen molar-refractivity contribution in [3.05, 3.63) is 30.1 Å². The van der Waals surface area contributed by atoms with Crippen molar-refractivity contribution in [1.82, 2.24) is 14.3 Å². The van der Waals surface area contributed by atoms with Gasteiger partial charge in [0.1, 0.15) is 0 Å². The summed E-state index contributed by atoms with van der Waals surface area (Å²) in [6.45, 7) is 5.48. The average molecular weight is 351 g/mol. The first-order valence-corrected chi connectivity index (χ1v) is 10.3. The number of nitrogens with zero attached hydrogens (tertiary/aromatic N) is 3. The number of rotatable bonds is 8.